The van der Waals surface area contributed by atoms with Crippen LogP contribution in [0.5, 0.6) is 0 Å². The number of hydrogen-bond acceptors (Lipinski definition) is 1. The Balaban J connectivity index is 0.960. The molecule has 1 nitrogen and oxygen atoms in total. The third-order valence-electron chi connectivity index (χ3n) is 15.5. The van der Waals surface area contributed by atoms with Crippen LogP contribution < -0.4 is 4.90 Å². The van der Waals surface area contributed by atoms with Crippen LogP contribution in [-0.4, -0.2) is 0 Å². The molecule has 0 radical (unpaired) electrons. The summed E-state index contributed by atoms with van der Waals surface area (Å²) in [6.07, 6.45) is 21.3. The van der Waals surface area contributed by atoms with Gasteiger partial charge in [0.25, 0.3) is 0 Å². The van der Waals surface area contributed by atoms with E-state index in [1.807, 2.05) is 0 Å². The van der Waals surface area contributed by atoms with Crippen LogP contribution in [0.2, 0.25) is 0 Å². The summed E-state index contributed by atoms with van der Waals surface area (Å²) in [4.78, 5) is 2.62. The minimum absolute atomic E-state index is 0.109. The SMILES string of the molecule is CC1(C)c2ccccc2-c2ccc(N(C3=CC(C4C=CC5=C(C4)c4ccccc4C54C5=CC=CCC5c5ccccc54)=CCC3)c3ccc4ccccc4c3-c3ccccc3)cc21. The number of anilines is 2. The molecule has 0 N–H and O–H groups in total. The number of hydrogen-bond donors (Lipinski definition) is 0. The van der Waals surface area contributed by atoms with Crippen molar-refractivity contribution in [2.24, 2.45) is 5.92 Å². The summed E-state index contributed by atoms with van der Waals surface area (Å²) in [5.74, 6) is 0.694. The average molecular weight is 808 g/mol. The molecule has 6 aliphatic rings. The summed E-state index contributed by atoms with van der Waals surface area (Å²) < 4.78 is 0. The first kappa shape index (κ1) is 36.7. The molecule has 3 unspecified atom stereocenters. The summed E-state index contributed by atoms with van der Waals surface area (Å²) in [6.45, 7) is 4.79. The van der Waals surface area contributed by atoms with Crippen molar-refractivity contribution in [1.29, 1.82) is 0 Å². The molecular formula is C62H49N. The summed E-state index contributed by atoms with van der Waals surface area (Å²) in [7, 11) is 0. The molecule has 6 aliphatic carbocycles. The average Bonchev–Trinajstić information content (AvgIpc) is 3.90. The molecule has 1 heteroatoms. The van der Waals surface area contributed by atoms with Gasteiger partial charge in [-0.05, 0) is 133 Å². The molecule has 302 valence electrons. The van der Waals surface area contributed by atoms with E-state index in [0.717, 1.165) is 25.7 Å². The zero-order valence-electron chi connectivity index (χ0n) is 36.0. The molecule has 0 bridgehead atoms. The monoisotopic (exact) mass is 807 g/mol. The van der Waals surface area contributed by atoms with Gasteiger partial charge in [-0.1, -0.05) is 190 Å². The molecule has 0 heterocycles. The lowest BCUT2D eigenvalue weighted by Gasteiger charge is -2.35. The van der Waals surface area contributed by atoms with Crippen molar-refractivity contribution in [2.45, 2.75) is 56.3 Å². The van der Waals surface area contributed by atoms with Crippen LogP contribution in [0.15, 0.2) is 223 Å². The molecule has 0 saturated carbocycles. The van der Waals surface area contributed by atoms with Crippen LogP contribution in [-0.2, 0) is 10.8 Å². The van der Waals surface area contributed by atoms with Crippen molar-refractivity contribution in [3.8, 4) is 22.3 Å². The maximum absolute atomic E-state index is 2.62. The van der Waals surface area contributed by atoms with Crippen molar-refractivity contribution in [3.63, 3.8) is 0 Å². The number of allylic oxidation sites excluding steroid dienone is 12. The van der Waals surface area contributed by atoms with E-state index in [2.05, 4.69) is 219 Å². The van der Waals surface area contributed by atoms with Crippen molar-refractivity contribution >= 4 is 27.7 Å². The standard InChI is InChI=1S/C62H49N/c1-61(2)53-27-12-8-23-47(53)51-34-33-45(39-58(51)61)63(59-36-32-40-17-6-7-22-46(40)60(59)41-18-4-3-5-19-41)44-21-16-20-42(37-44)43-31-35-57-52(38-43)50-26-11-15-30-56(50)62(57)54-28-13-9-24-48(54)49-25-10-14-29-55(49)62/h3-15,17-20,22-24,26-37,39,43,49H,16,21,25,38H2,1-2H3. The van der Waals surface area contributed by atoms with Crippen LogP contribution in [0.1, 0.15) is 78.8 Å². The molecule has 0 amide bonds. The molecule has 3 atom stereocenters. The van der Waals surface area contributed by atoms with Gasteiger partial charge in [-0.15, -0.1) is 0 Å². The third kappa shape index (κ3) is 5.17. The first-order valence-corrected chi connectivity index (χ1v) is 23.0. The molecule has 0 aromatic heterocycles. The largest absolute Gasteiger partial charge is 0.314 e. The van der Waals surface area contributed by atoms with E-state index >= 15 is 0 Å². The molecule has 1 spiro atoms. The second-order valence-electron chi connectivity index (χ2n) is 18.9. The zero-order chi connectivity index (χ0) is 41.9. The molecule has 0 aliphatic heterocycles. The predicted molar refractivity (Wildman–Crippen MR) is 263 cm³/mol. The summed E-state index contributed by atoms with van der Waals surface area (Å²) >= 11 is 0. The highest BCUT2D eigenvalue weighted by molar-refractivity contribution is 6.05. The fraction of sp³-hybridized carbons (Fsp3) is 0.161. The molecule has 7 aromatic rings. The lowest BCUT2D eigenvalue weighted by atomic mass is 9.67. The minimum atomic E-state index is -0.233. The lowest BCUT2D eigenvalue weighted by Crippen LogP contribution is -2.28. The second kappa shape index (κ2) is 13.8. The van der Waals surface area contributed by atoms with E-state index < -0.39 is 0 Å². The summed E-state index contributed by atoms with van der Waals surface area (Å²) in [5.41, 5.74) is 23.3. The van der Waals surface area contributed by atoms with Gasteiger partial charge in [0.2, 0.25) is 0 Å². The van der Waals surface area contributed by atoms with Crippen molar-refractivity contribution < 1.29 is 0 Å². The van der Waals surface area contributed by atoms with Crippen LogP contribution in [0.3, 0.4) is 0 Å². The van der Waals surface area contributed by atoms with Crippen LogP contribution in [0.4, 0.5) is 11.4 Å². The Morgan fingerprint density at radius 1 is 0.651 bits per heavy atom. The predicted octanol–water partition coefficient (Wildman–Crippen LogP) is 15.9. The van der Waals surface area contributed by atoms with E-state index in [1.54, 1.807) is 5.57 Å². The number of benzene rings is 7. The summed E-state index contributed by atoms with van der Waals surface area (Å²) in [6, 6.07) is 59.6. The fourth-order valence-corrected chi connectivity index (χ4v) is 12.8. The number of fused-ring (bicyclic) bond motifs is 13. The molecule has 7 aromatic carbocycles. The van der Waals surface area contributed by atoms with E-state index in [0.29, 0.717) is 5.92 Å². The van der Waals surface area contributed by atoms with Gasteiger partial charge >= 0.3 is 0 Å². The van der Waals surface area contributed by atoms with E-state index in [1.165, 1.54) is 100 Å². The zero-order valence-corrected chi connectivity index (χ0v) is 36.0. The Kier molecular flexibility index (Phi) is 8.02. The maximum Gasteiger partial charge on any atom is 0.0682 e. The Morgan fingerprint density at radius 2 is 1.40 bits per heavy atom. The van der Waals surface area contributed by atoms with Gasteiger partial charge in [-0.25, -0.2) is 0 Å². The van der Waals surface area contributed by atoms with E-state index in [9.17, 15) is 0 Å². The van der Waals surface area contributed by atoms with Gasteiger partial charge < -0.3 is 4.90 Å². The number of rotatable bonds is 5. The molecule has 0 fully saturated rings. The first-order chi connectivity index (χ1) is 31.0. The quantitative estimate of drug-likeness (QED) is 0.167. The Morgan fingerprint density at radius 3 is 2.29 bits per heavy atom. The van der Waals surface area contributed by atoms with Crippen LogP contribution in [0.25, 0.3) is 38.6 Å². The lowest BCUT2D eigenvalue weighted by molar-refractivity contribution is 0.660. The van der Waals surface area contributed by atoms with Crippen molar-refractivity contribution in [2.75, 3.05) is 4.90 Å². The first-order valence-electron chi connectivity index (χ1n) is 23.0. The third-order valence-corrected chi connectivity index (χ3v) is 15.5. The highest BCUT2D eigenvalue weighted by Crippen LogP contribution is 2.66. The highest BCUT2D eigenvalue weighted by atomic mass is 15.2. The van der Waals surface area contributed by atoms with Gasteiger partial charge in [-0.2, -0.15) is 0 Å². The van der Waals surface area contributed by atoms with Crippen LogP contribution in [0, 0.1) is 5.92 Å². The van der Waals surface area contributed by atoms with Crippen molar-refractivity contribution in [3.05, 3.63) is 256 Å². The van der Waals surface area contributed by atoms with Gasteiger partial charge in [0.05, 0.1) is 11.1 Å². The van der Waals surface area contributed by atoms with Crippen molar-refractivity contribution in [1.82, 2.24) is 0 Å². The highest BCUT2D eigenvalue weighted by Gasteiger charge is 2.55. The molecule has 63 heavy (non-hydrogen) atoms. The van der Waals surface area contributed by atoms with E-state index in [-0.39, 0.29) is 16.7 Å². The Hall–Kier alpha value is -6.96. The number of nitrogens with zero attached hydrogens (tertiary/aromatic N) is 1. The second-order valence-corrected chi connectivity index (χ2v) is 18.9. The normalized spacial score (nSPS) is 21.8. The van der Waals surface area contributed by atoms with E-state index in [4.69, 9.17) is 0 Å². The summed E-state index contributed by atoms with van der Waals surface area (Å²) in [5, 5.41) is 2.53. The smallest absolute Gasteiger partial charge is 0.0682 e. The minimum Gasteiger partial charge on any atom is -0.314 e. The molecule has 0 saturated heterocycles. The Labute approximate surface area is 371 Å². The van der Waals surface area contributed by atoms with Gasteiger partial charge in [0, 0.05) is 34.2 Å². The topological polar surface area (TPSA) is 3.24 Å². The maximum atomic E-state index is 2.62. The molecular weight excluding hydrogens is 759 g/mol. The van der Waals surface area contributed by atoms with Gasteiger partial charge in [0.15, 0.2) is 0 Å². The van der Waals surface area contributed by atoms with Crippen LogP contribution >= 0.6 is 0 Å². The Bertz CT molecular complexity index is 3270. The fourth-order valence-electron chi connectivity index (χ4n) is 12.8. The molecule has 13 rings (SSSR count). The van der Waals surface area contributed by atoms with Gasteiger partial charge in [-0.3, -0.25) is 0 Å². The van der Waals surface area contributed by atoms with Gasteiger partial charge in [0.1, 0.15) is 0 Å².